The molecule has 0 saturated carbocycles. The zero-order valence-electron chi connectivity index (χ0n) is 12.1. The third-order valence-corrected chi connectivity index (χ3v) is 3.87. The van der Waals surface area contributed by atoms with Crippen LogP contribution in [0.1, 0.15) is 22.6 Å². The molecule has 21 heavy (non-hydrogen) atoms. The number of ether oxygens (including phenoxy) is 1. The molecule has 3 heterocycles. The van der Waals surface area contributed by atoms with Crippen LogP contribution in [0.3, 0.4) is 0 Å². The molecule has 0 bridgehead atoms. The molecule has 0 radical (unpaired) electrons. The van der Waals surface area contributed by atoms with E-state index >= 15 is 0 Å². The van der Waals surface area contributed by atoms with Crippen molar-refractivity contribution in [2.75, 3.05) is 13.7 Å². The van der Waals surface area contributed by atoms with Gasteiger partial charge >= 0.3 is 0 Å². The number of hydrogen-bond acceptors (Lipinski definition) is 5. The van der Waals surface area contributed by atoms with E-state index < -0.39 is 0 Å². The third kappa shape index (κ3) is 3.14. The lowest BCUT2D eigenvalue weighted by atomic mass is 10.1. The van der Waals surface area contributed by atoms with Gasteiger partial charge in [0.25, 0.3) is 0 Å². The van der Waals surface area contributed by atoms with Gasteiger partial charge in [0.1, 0.15) is 10.8 Å². The van der Waals surface area contributed by atoms with Crippen LogP contribution in [0.5, 0.6) is 5.88 Å². The van der Waals surface area contributed by atoms with Gasteiger partial charge in [-0.25, -0.2) is 15.0 Å². The molecule has 1 aliphatic rings. The second-order valence-corrected chi connectivity index (χ2v) is 5.59. The summed E-state index contributed by atoms with van der Waals surface area (Å²) >= 11 is 6.12. The Morgan fingerprint density at radius 1 is 1.33 bits per heavy atom. The van der Waals surface area contributed by atoms with Crippen molar-refractivity contribution in [2.24, 2.45) is 0 Å². The average Bonchev–Trinajstić information content (AvgIpc) is 2.48. The Hall–Kier alpha value is -1.72. The summed E-state index contributed by atoms with van der Waals surface area (Å²) in [7, 11) is 1.57. The Morgan fingerprint density at radius 3 is 2.95 bits per heavy atom. The number of halogens is 1. The highest BCUT2D eigenvalue weighted by Gasteiger charge is 2.18. The Labute approximate surface area is 129 Å². The molecule has 0 saturated heterocycles. The summed E-state index contributed by atoms with van der Waals surface area (Å²) in [5, 5.41) is 0.548. The molecule has 0 atom stereocenters. The lowest BCUT2D eigenvalue weighted by molar-refractivity contribution is 0.242. The number of methoxy groups -OCH3 is 1. The Bertz CT molecular complexity index is 662. The van der Waals surface area contributed by atoms with E-state index in [9.17, 15) is 0 Å². The van der Waals surface area contributed by atoms with E-state index in [0.717, 1.165) is 37.4 Å². The highest BCUT2D eigenvalue weighted by atomic mass is 35.5. The minimum atomic E-state index is 0.466. The third-order valence-electron chi connectivity index (χ3n) is 3.60. The van der Waals surface area contributed by atoms with Crippen LogP contribution in [0.25, 0.3) is 0 Å². The van der Waals surface area contributed by atoms with Gasteiger partial charge in [-0.3, -0.25) is 4.90 Å². The predicted octanol–water partition coefficient (Wildman–Crippen LogP) is 2.40. The van der Waals surface area contributed by atoms with Gasteiger partial charge in [0, 0.05) is 49.7 Å². The van der Waals surface area contributed by atoms with E-state index in [0.29, 0.717) is 10.9 Å². The van der Waals surface area contributed by atoms with E-state index in [2.05, 4.69) is 19.9 Å². The van der Waals surface area contributed by atoms with E-state index in [1.165, 1.54) is 11.3 Å². The molecule has 2 aromatic heterocycles. The van der Waals surface area contributed by atoms with Crippen molar-refractivity contribution in [3.8, 4) is 5.88 Å². The first kappa shape index (κ1) is 14.2. The van der Waals surface area contributed by atoms with Crippen molar-refractivity contribution >= 4 is 11.6 Å². The summed E-state index contributed by atoms with van der Waals surface area (Å²) in [6, 6.07) is 1.91. The van der Waals surface area contributed by atoms with Crippen LogP contribution in [0.2, 0.25) is 5.02 Å². The topological polar surface area (TPSA) is 51.1 Å². The molecule has 3 rings (SSSR count). The second-order valence-electron chi connectivity index (χ2n) is 5.18. The van der Waals surface area contributed by atoms with Gasteiger partial charge in [-0.05, 0) is 18.6 Å². The van der Waals surface area contributed by atoms with Crippen LogP contribution in [0.4, 0.5) is 0 Å². The molecule has 6 heteroatoms. The van der Waals surface area contributed by atoms with Crippen molar-refractivity contribution in [1.29, 1.82) is 0 Å². The SMILES string of the molecule is COc1ncc(CN2CCc3nc(C)ncc3C2)cc1Cl. The number of nitrogens with zero attached hydrogens (tertiary/aromatic N) is 4. The highest BCUT2D eigenvalue weighted by Crippen LogP contribution is 2.24. The summed E-state index contributed by atoms with van der Waals surface area (Å²) in [4.78, 5) is 15.3. The van der Waals surface area contributed by atoms with Crippen LogP contribution in [-0.2, 0) is 19.5 Å². The molecule has 0 unspecified atom stereocenters. The van der Waals surface area contributed by atoms with Crippen LogP contribution in [0, 0.1) is 6.92 Å². The molecule has 0 amide bonds. The van der Waals surface area contributed by atoms with Crippen molar-refractivity contribution in [3.05, 3.63) is 46.1 Å². The van der Waals surface area contributed by atoms with Gasteiger partial charge in [0.15, 0.2) is 0 Å². The molecule has 0 fully saturated rings. The maximum atomic E-state index is 6.12. The second kappa shape index (κ2) is 5.95. The lowest BCUT2D eigenvalue weighted by Crippen LogP contribution is -2.31. The quantitative estimate of drug-likeness (QED) is 0.871. The van der Waals surface area contributed by atoms with Gasteiger partial charge in [0.2, 0.25) is 5.88 Å². The van der Waals surface area contributed by atoms with Gasteiger partial charge in [-0.1, -0.05) is 11.6 Å². The fourth-order valence-corrected chi connectivity index (χ4v) is 2.84. The maximum absolute atomic E-state index is 6.12. The molecule has 110 valence electrons. The maximum Gasteiger partial charge on any atom is 0.232 e. The molecular weight excluding hydrogens is 288 g/mol. The molecule has 2 aromatic rings. The van der Waals surface area contributed by atoms with Crippen LogP contribution in [-0.4, -0.2) is 33.5 Å². The van der Waals surface area contributed by atoms with Gasteiger partial charge < -0.3 is 4.74 Å². The summed E-state index contributed by atoms with van der Waals surface area (Å²) in [6.07, 6.45) is 4.70. The van der Waals surface area contributed by atoms with E-state index in [1.807, 2.05) is 25.4 Å². The van der Waals surface area contributed by atoms with Gasteiger partial charge in [-0.15, -0.1) is 0 Å². The normalized spacial score (nSPS) is 14.8. The number of aryl methyl sites for hydroxylation is 1. The smallest absolute Gasteiger partial charge is 0.232 e. The summed E-state index contributed by atoms with van der Waals surface area (Å²) < 4.78 is 5.07. The van der Waals surface area contributed by atoms with E-state index in [4.69, 9.17) is 16.3 Å². The fraction of sp³-hybridized carbons (Fsp3) is 0.400. The molecule has 0 spiro atoms. The van der Waals surface area contributed by atoms with Crippen molar-refractivity contribution in [2.45, 2.75) is 26.4 Å². The average molecular weight is 305 g/mol. The first-order valence-corrected chi connectivity index (χ1v) is 7.25. The predicted molar refractivity (Wildman–Crippen MR) is 80.4 cm³/mol. The summed E-state index contributed by atoms with van der Waals surface area (Å²) in [5.74, 6) is 1.31. The molecule has 0 aliphatic carbocycles. The van der Waals surface area contributed by atoms with Gasteiger partial charge in [0.05, 0.1) is 7.11 Å². The number of rotatable bonds is 3. The van der Waals surface area contributed by atoms with Crippen LogP contribution >= 0.6 is 11.6 Å². The molecule has 0 aromatic carbocycles. The fourth-order valence-electron chi connectivity index (χ4n) is 2.57. The summed E-state index contributed by atoms with van der Waals surface area (Å²) in [5.41, 5.74) is 3.46. The van der Waals surface area contributed by atoms with Crippen molar-refractivity contribution in [3.63, 3.8) is 0 Å². The zero-order valence-corrected chi connectivity index (χ0v) is 12.9. The minimum Gasteiger partial charge on any atom is -0.480 e. The van der Waals surface area contributed by atoms with E-state index in [-0.39, 0.29) is 0 Å². The molecular formula is C15H17ClN4O. The molecule has 0 N–H and O–H groups in total. The lowest BCUT2D eigenvalue weighted by Gasteiger charge is -2.27. The monoisotopic (exact) mass is 304 g/mol. The highest BCUT2D eigenvalue weighted by molar-refractivity contribution is 6.31. The number of fused-ring (bicyclic) bond motifs is 1. The van der Waals surface area contributed by atoms with Crippen molar-refractivity contribution < 1.29 is 4.74 Å². The minimum absolute atomic E-state index is 0.466. The van der Waals surface area contributed by atoms with Crippen molar-refractivity contribution in [1.82, 2.24) is 19.9 Å². The number of pyridine rings is 1. The Kier molecular flexibility index (Phi) is 4.03. The van der Waals surface area contributed by atoms with E-state index in [1.54, 1.807) is 7.11 Å². The van der Waals surface area contributed by atoms with Gasteiger partial charge in [-0.2, -0.15) is 0 Å². The number of hydrogen-bond donors (Lipinski definition) is 0. The molecule has 1 aliphatic heterocycles. The number of aromatic nitrogens is 3. The Balaban J connectivity index is 1.72. The Morgan fingerprint density at radius 2 is 2.19 bits per heavy atom. The van der Waals surface area contributed by atoms with Crippen LogP contribution in [0.15, 0.2) is 18.5 Å². The summed E-state index contributed by atoms with van der Waals surface area (Å²) in [6.45, 7) is 4.58. The standard InChI is InChI=1S/C15H17ClN4O/c1-10-17-7-12-9-20(4-3-14(12)19-10)8-11-5-13(16)15(21-2)18-6-11/h5-7H,3-4,8-9H2,1-2H3. The zero-order chi connectivity index (χ0) is 14.8. The largest absolute Gasteiger partial charge is 0.480 e. The van der Waals surface area contributed by atoms with Crippen LogP contribution < -0.4 is 4.74 Å². The molecule has 5 nitrogen and oxygen atoms in total. The first-order valence-electron chi connectivity index (χ1n) is 6.88. The first-order chi connectivity index (χ1) is 10.2.